The third-order valence-electron chi connectivity index (χ3n) is 4.56. The molecule has 2 aromatic carbocycles. The van der Waals surface area contributed by atoms with Crippen LogP contribution >= 0.6 is 0 Å². The van der Waals surface area contributed by atoms with Gasteiger partial charge in [-0.2, -0.15) is 0 Å². The minimum atomic E-state index is -3.73. The summed E-state index contributed by atoms with van der Waals surface area (Å²) in [6.45, 7) is 5.87. The number of sulfone groups is 1. The summed E-state index contributed by atoms with van der Waals surface area (Å²) in [7, 11) is -3.73. The molecule has 3 rings (SSSR count). The molecular weight excluding hydrogens is 384 g/mol. The molecule has 29 heavy (non-hydrogen) atoms. The average molecular weight is 409 g/mol. The molecule has 0 aliphatic carbocycles. The molecule has 0 aromatic heterocycles. The van der Waals surface area contributed by atoms with Crippen LogP contribution in [0, 0.1) is 5.41 Å². The Labute approximate surface area is 172 Å². The van der Waals surface area contributed by atoms with Gasteiger partial charge < -0.3 is 4.74 Å². The zero-order chi connectivity index (χ0) is 21.2. The first-order chi connectivity index (χ1) is 13.6. The molecule has 4 nitrogen and oxygen atoms in total. The van der Waals surface area contributed by atoms with Gasteiger partial charge in [0.05, 0.1) is 5.57 Å². The van der Waals surface area contributed by atoms with Gasteiger partial charge in [0.1, 0.15) is 4.91 Å². The predicted molar refractivity (Wildman–Crippen MR) is 116 cm³/mol. The van der Waals surface area contributed by atoms with Crippen molar-refractivity contribution in [2.45, 2.75) is 20.8 Å². The van der Waals surface area contributed by atoms with Gasteiger partial charge in [0.15, 0.2) is 15.6 Å². The van der Waals surface area contributed by atoms with E-state index >= 15 is 0 Å². The van der Waals surface area contributed by atoms with Crippen LogP contribution in [0.4, 0.5) is 0 Å². The molecule has 0 unspecified atom stereocenters. The lowest BCUT2D eigenvalue weighted by atomic mass is 9.84. The van der Waals surface area contributed by atoms with Crippen LogP contribution in [0.15, 0.2) is 83.0 Å². The summed E-state index contributed by atoms with van der Waals surface area (Å²) in [5.74, 6) is -0.544. The van der Waals surface area contributed by atoms with Crippen LogP contribution in [0.3, 0.4) is 0 Å². The zero-order valence-electron chi connectivity index (χ0n) is 17.0. The fourth-order valence-corrected chi connectivity index (χ4v) is 4.25. The van der Waals surface area contributed by atoms with Crippen molar-refractivity contribution in [3.05, 3.63) is 94.1 Å². The highest BCUT2D eigenvalue weighted by atomic mass is 32.2. The fraction of sp³-hybridized carbons (Fsp3) is 0.208. The van der Waals surface area contributed by atoms with Crippen molar-refractivity contribution < 1.29 is 17.9 Å². The summed E-state index contributed by atoms with van der Waals surface area (Å²) in [4.78, 5) is 12.7. The minimum absolute atomic E-state index is 0.0589. The SMILES string of the molecule is CC(C)(C)C(/C=C/c1ccccc1)=C1\OC(=O)C(c2ccccc2)=C1S(C)(=O)=O. The van der Waals surface area contributed by atoms with Crippen LogP contribution in [-0.4, -0.2) is 20.6 Å². The van der Waals surface area contributed by atoms with Crippen LogP contribution in [0.1, 0.15) is 31.9 Å². The van der Waals surface area contributed by atoms with Gasteiger partial charge in [-0.05, 0) is 16.5 Å². The molecule has 0 saturated heterocycles. The molecule has 1 heterocycles. The van der Waals surface area contributed by atoms with Crippen molar-refractivity contribution in [2.24, 2.45) is 5.41 Å². The molecule has 0 bridgehead atoms. The highest BCUT2D eigenvalue weighted by molar-refractivity contribution is 7.95. The number of hydrogen-bond acceptors (Lipinski definition) is 4. The minimum Gasteiger partial charge on any atom is -0.421 e. The van der Waals surface area contributed by atoms with E-state index in [9.17, 15) is 13.2 Å². The third kappa shape index (κ3) is 4.57. The molecule has 0 amide bonds. The van der Waals surface area contributed by atoms with Crippen molar-refractivity contribution in [1.82, 2.24) is 0 Å². The van der Waals surface area contributed by atoms with Gasteiger partial charge in [0.25, 0.3) is 0 Å². The summed E-state index contributed by atoms with van der Waals surface area (Å²) in [5, 5.41) is 0. The Bertz CT molecular complexity index is 1110. The van der Waals surface area contributed by atoms with Crippen LogP contribution in [-0.2, 0) is 19.4 Å². The van der Waals surface area contributed by atoms with Gasteiger partial charge in [-0.1, -0.05) is 93.6 Å². The first-order valence-corrected chi connectivity index (χ1v) is 11.2. The first-order valence-electron chi connectivity index (χ1n) is 9.29. The monoisotopic (exact) mass is 408 g/mol. The Hall–Kier alpha value is -2.92. The first kappa shape index (κ1) is 20.8. The number of esters is 1. The number of hydrogen-bond donors (Lipinski definition) is 0. The Morgan fingerprint density at radius 1 is 0.931 bits per heavy atom. The standard InChI is InChI=1S/C24H24O4S/c1-24(2,3)19(16-15-17-11-7-5-8-12-17)21-22(29(4,26)27)20(23(25)28-21)18-13-9-6-10-14-18/h5-16H,1-4H3/b16-15+,21-19-. The van der Waals surface area contributed by atoms with E-state index in [1.54, 1.807) is 24.3 Å². The Morgan fingerprint density at radius 3 is 2.00 bits per heavy atom. The van der Waals surface area contributed by atoms with Crippen LogP contribution in [0.5, 0.6) is 0 Å². The van der Waals surface area contributed by atoms with Crippen LogP contribution in [0.2, 0.25) is 0 Å². The van der Waals surface area contributed by atoms with E-state index in [0.717, 1.165) is 11.8 Å². The molecule has 5 heteroatoms. The van der Waals surface area contributed by atoms with E-state index < -0.39 is 21.2 Å². The normalized spacial score (nSPS) is 17.0. The summed E-state index contributed by atoms with van der Waals surface area (Å²) in [6, 6.07) is 18.4. The summed E-state index contributed by atoms with van der Waals surface area (Å²) in [5.41, 5.74) is 1.75. The van der Waals surface area contributed by atoms with Crippen molar-refractivity contribution in [1.29, 1.82) is 0 Å². The van der Waals surface area contributed by atoms with Gasteiger partial charge in [-0.3, -0.25) is 0 Å². The van der Waals surface area contributed by atoms with Crippen molar-refractivity contribution in [3.63, 3.8) is 0 Å². The molecule has 0 fully saturated rings. The van der Waals surface area contributed by atoms with Crippen molar-refractivity contribution in [3.8, 4) is 0 Å². The Balaban J connectivity index is 2.29. The lowest BCUT2D eigenvalue weighted by molar-refractivity contribution is -0.131. The Morgan fingerprint density at radius 2 is 1.48 bits per heavy atom. The maximum Gasteiger partial charge on any atom is 0.345 e. The van der Waals surface area contributed by atoms with Gasteiger partial charge in [0, 0.05) is 11.8 Å². The van der Waals surface area contributed by atoms with Gasteiger partial charge >= 0.3 is 5.97 Å². The molecule has 0 saturated carbocycles. The van der Waals surface area contributed by atoms with Crippen LogP contribution in [0.25, 0.3) is 11.6 Å². The summed E-state index contributed by atoms with van der Waals surface area (Å²) >= 11 is 0. The lowest BCUT2D eigenvalue weighted by Crippen LogP contribution is -2.14. The quantitative estimate of drug-likeness (QED) is 0.667. The van der Waals surface area contributed by atoms with Gasteiger partial charge in [-0.15, -0.1) is 0 Å². The third-order valence-corrected chi connectivity index (χ3v) is 5.69. The number of ether oxygens (including phenoxy) is 1. The van der Waals surface area contributed by atoms with E-state index in [1.165, 1.54) is 0 Å². The van der Waals surface area contributed by atoms with E-state index in [1.807, 2.05) is 69.3 Å². The smallest absolute Gasteiger partial charge is 0.345 e. The zero-order valence-corrected chi connectivity index (χ0v) is 17.8. The van der Waals surface area contributed by atoms with E-state index in [-0.39, 0.29) is 16.2 Å². The molecule has 1 aliphatic heterocycles. The molecule has 0 atom stereocenters. The highest BCUT2D eigenvalue weighted by Gasteiger charge is 2.40. The molecule has 0 radical (unpaired) electrons. The number of allylic oxidation sites excluding steroid dienone is 2. The second-order valence-corrected chi connectivity index (χ2v) is 9.92. The molecular formula is C24H24O4S. The molecule has 2 aromatic rings. The summed E-state index contributed by atoms with van der Waals surface area (Å²) in [6.07, 6.45) is 4.83. The fourth-order valence-electron chi connectivity index (χ4n) is 3.19. The molecule has 0 N–H and O–H groups in total. The maximum absolute atomic E-state index is 12.7. The number of carbonyl (C=O) groups excluding carboxylic acids is 1. The number of cyclic esters (lactones) is 1. The summed E-state index contributed by atoms with van der Waals surface area (Å²) < 4.78 is 31.0. The topological polar surface area (TPSA) is 60.4 Å². The van der Waals surface area contributed by atoms with Gasteiger partial charge in [-0.25, -0.2) is 13.2 Å². The molecule has 1 aliphatic rings. The second-order valence-electron chi connectivity index (χ2n) is 7.97. The second kappa shape index (κ2) is 7.84. The predicted octanol–water partition coefficient (Wildman–Crippen LogP) is 5.01. The lowest BCUT2D eigenvalue weighted by Gasteiger charge is -2.22. The van der Waals surface area contributed by atoms with E-state index in [4.69, 9.17) is 4.74 Å². The van der Waals surface area contributed by atoms with Crippen molar-refractivity contribution in [2.75, 3.05) is 6.26 Å². The average Bonchev–Trinajstić information content (AvgIpc) is 2.99. The largest absolute Gasteiger partial charge is 0.421 e. The van der Waals surface area contributed by atoms with Crippen LogP contribution < -0.4 is 0 Å². The van der Waals surface area contributed by atoms with Gasteiger partial charge in [0.2, 0.25) is 0 Å². The Kier molecular flexibility index (Phi) is 5.62. The maximum atomic E-state index is 12.7. The number of rotatable bonds is 4. The van der Waals surface area contributed by atoms with E-state index in [2.05, 4.69) is 0 Å². The highest BCUT2D eigenvalue weighted by Crippen LogP contribution is 2.42. The molecule has 150 valence electrons. The van der Waals surface area contributed by atoms with Crippen molar-refractivity contribution >= 4 is 27.5 Å². The molecule has 0 spiro atoms. The van der Waals surface area contributed by atoms with E-state index in [0.29, 0.717) is 11.1 Å². The number of carbonyl (C=O) groups is 1. The number of benzene rings is 2.